The van der Waals surface area contributed by atoms with E-state index in [0.717, 1.165) is 11.3 Å². The Hall–Kier alpha value is -1.31. The maximum absolute atomic E-state index is 10.7. The molecule has 2 heteroatoms. The molecule has 0 unspecified atom stereocenters. The summed E-state index contributed by atoms with van der Waals surface area (Å²) in [7, 11) is 0. The van der Waals surface area contributed by atoms with Crippen molar-refractivity contribution in [1.82, 2.24) is 0 Å². The van der Waals surface area contributed by atoms with Crippen molar-refractivity contribution in [2.75, 3.05) is 6.61 Å². The highest BCUT2D eigenvalue weighted by atomic mass is 16.5. The highest BCUT2D eigenvalue weighted by Crippen LogP contribution is 2.22. The van der Waals surface area contributed by atoms with Crippen molar-refractivity contribution in [2.24, 2.45) is 0 Å². The van der Waals surface area contributed by atoms with E-state index in [1.165, 1.54) is 0 Å². The maximum atomic E-state index is 10.7. The summed E-state index contributed by atoms with van der Waals surface area (Å²) in [5.41, 5.74) is 0.899. The van der Waals surface area contributed by atoms with Gasteiger partial charge in [0.15, 0.2) is 12.4 Å². The number of carbonyl (C=O) groups excluding carboxylic acids is 1. The standard InChI is InChI=1S/C8H6O2/c9-7-4-6-2-1-3-8(6)10-5-7/h1-4H,5H2. The lowest BCUT2D eigenvalue weighted by molar-refractivity contribution is -0.118. The van der Waals surface area contributed by atoms with Crippen molar-refractivity contribution >= 4 is 5.78 Å². The molecule has 10 heavy (non-hydrogen) atoms. The zero-order valence-electron chi connectivity index (χ0n) is 5.33. The van der Waals surface area contributed by atoms with Gasteiger partial charge in [0.2, 0.25) is 0 Å². The second-order valence-electron chi connectivity index (χ2n) is 2.24. The van der Waals surface area contributed by atoms with Crippen LogP contribution in [0.1, 0.15) is 0 Å². The molecule has 0 spiro atoms. The lowest BCUT2D eigenvalue weighted by Gasteiger charge is -2.11. The molecule has 2 nitrogen and oxygen atoms in total. The fraction of sp³-hybridized carbons (Fsp3) is 0.125. The Morgan fingerprint density at radius 2 is 2.40 bits per heavy atom. The summed E-state index contributed by atoms with van der Waals surface area (Å²) in [6, 6.07) is 0. The molecule has 0 aromatic rings. The average molecular weight is 134 g/mol. The zero-order chi connectivity index (χ0) is 6.97. The predicted molar refractivity (Wildman–Crippen MR) is 36.3 cm³/mol. The van der Waals surface area contributed by atoms with Gasteiger partial charge < -0.3 is 4.74 Å². The van der Waals surface area contributed by atoms with Gasteiger partial charge in [-0.25, -0.2) is 0 Å². The minimum atomic E-state index is 0.0405. The van der Waals surface area contributed by atoms with Crippen molar-refractivity contribution in [3.8, 4) is 0 Å². The highest BCUT2D eigenvalue weighted by Gasteiger charge is 2.15. The number of carbonyl (C=O) groups is 1. The first-order valence-electron chi connectivity index (χ1n) is 3.12. The van der Waals surface area contributed by atoms with Crippen LogP contribution < -0.4 is 0 Å². The van der Waals surface area contributed by atoms with Gasteiger partial charge in [0.05, 0.1) is 0 Å². The largest absolute Gasteiger partial charge is 0.485 e. The average Bonchev–Trinajstić information content (AvgIpc) is 2.33. The molecule has 0 atom stereocenters. The highest BCUT2D eigenvalue weighted by molar-refractivity contribution is 5.94. The van der Waals surface area contributed by atoms with E-state index in [9.17, 15) is 4.79 Å². The number of rotatable bonds is 0. The quantitative estimate of drug-likeness (QED) is 0.493. The Kier molecular flexibility index (Phi) is 1.01. The Bertz CT molecular complexity index is 269. The number of fused-ring (bicyclic) bond motifs is 1. The van der Waals surface area contributed by atoms with E-state index in [-0.39, 0.29) is 12.4 Å². The van der Waals surface area contributed by atoms with Crippen LogP contribution in [-0.2, 0) is 9.53 Å². The normalized spacial score (nSPS) is 21.4. The van der Waals surface area contributed by atoms with Gasteiger partial charge in [0.1, 0.15) is 5.76 Å². The van der Waals surface area contributed by atoms with Crippen LogP contribution in [0.4, 0.5) is 0 Å². The molecule has 0 fully saturated rings. The summed E-state index contributed by atoms with van der Waals surface area (Å²) >= 11 is 0. The summed E-state index contributed by atoms with van der Waals surface area (Å²) in [5, 5.41) is 0. The van der Waals surface area contributed by atoms with Gasteiger partial charge in [-0.2, -0.15) is 0 Å². The third kappa shape index (κ3) is 0.692. The Morgan fingerprint density at radius 3 is 3.30 bits per heavy atom. The van der Waals surface area contributed by atoms with Gasteiger partial charge in [0, 0.05) is 5.57 Å². The van der Waals surface area contributed by atoms with Gasteiger partial charge in [-0.1, -0.05) is 12.2 Å². The van der Waals surface area contributed by atoms with Crippen molar-refractivity contribution < 1.29 is 9.53 Å². The number of hydrogen-bond acceptors (Lipinski definition) is 2. The van der Waals surface area contributed by atoms with E-state index in [1.807, 2.05) is 18.2 Å². The molecule has 0 aromatic heterocycles. The Balaban J connectivity index is 2.43. The van der Waals surface area contributed by atoms with E-state index in [1.54, 1.807) is 6.08 Å². The molecule has 2 aliphatic rings. The third-order valence-corrected chi connectivity index (χ3v) is 1.49. The van der Waals surface area contributed by atoms with Crippen LogP contribution in [0.5, 0.6) is 0 Å². The molecule has 0 saturated carbocycles. The first-order valence-corrected chi connectivity index (χ1v) is 3.12. The molecule has 0 saturated heterocycles. The topological polar surface area (TPSA) is 26.3 Å². The fourth-order valence-corrected chi connectivity index (χ4v) is 1.03. The summed E-state index contributed by atoms with van der Waals surface area (Å²) in [6.07, 6.45) is 7.21. The molecule has 50 valence electrons. The Labute approximate surface area is 58.5 Å². The lowest BCUT2D eigenvalue weighted by atomic mass is 10.2. The van der Waals surface area contributed by atoms with Crippen molar-refractivity contribution in [2.45, 2.75) is 0 Å². The van der Waals surface area contributed by atoms with Crippen molar-refractivity contribution in [3.05, 3.63) is 35.6 Å². The van der Waals surface area contributed by atoms with Crippen LogP contribution in [-0.4, -0.2) is 12.4 Å². The van der Waals surface area contributed by atoms with Crippen LogP contribution in [0.3, 0.4) is 0 Å². The van der Waals surface area contributed by atoms with E-state index < -0.39 is 0 Å². The molecular formula is C8H6O2. The number of ketones is 1. The maximum Gasteiger partial charge on any atom is 0.193 e. The first kappa shape index (κ1) is 5.47. The number of ether oxygens (including phenoxy) is 1. The first-order chi connectivity index (χ1) is 4.86. The molecule has 0 aromatic carbocycles. The molecule has 1 heterocycles. The number of allylic oxidation sites excluding steroid dienone is 3. The van der Waals surface area contributed by atoms with Gasteiger partial charge in [0.25, 0.3) is 0 Å². The fourth-order valence-electron chi connectivity index (χ4n) is 1.03. The third-order valence-electron chi connectivity index (χ3n) is 1.49. The van der Waals surface area contributed by atoms with Gasteiger partial charge in [-0.15, -0.1) is 0 Å². The minimum absolute atomic E-state index is 0.0405. The van der Waals surface area contributed by atoms with Crippen molar-refractivity contribution in [1.29, 1.82) is 0 Å². The summed E-state index contributed by atoms with van der Waals surface area (Å²) in [6.45, 7) is 0.191. The van der Waals surface area contributed by atoms with Crippen LogP contribution in [0.2, 0.25) is 0 Å². The molecule has 1 aliphatic heterocycles. The molecule has 1 aliphatic carbocycles. The van der Waals surface area contributed by atoms with Crippen LogP contribution in [0, 0.1) is 0 Å². The number of hydrogen-bond donors (Lipinski definition) is 0. The van der Waals surface area contributed by atoms with E-state index in [0.29, 0.717) is 0 Å². The Morgan fingerprint density at radius 1 is 1.50 bits per heavy atom. The van der Waals surface area contributed by atoms with Gasteiger partial charge in [-0.05, 0) is 12.2 Å². The van der Waals surface area contributed by atoms with E-state index >= 15 is 0 Å². The second kappa shape index (κ2) is 1.84. The van der Waals surface area contributed by atoms with Crippen LogP contribution in [0.15, 0.2) is 35.6 Å². The minimum Gasteiger partial charge on any atom is -0.485 e. The SMILES string of the molecule is O=C1C=C2C=CC=C2OC1. The van der Waals surface area contributed by atoms with E-state index in [4.69, 9.17) is 4.74 Å². The van der Waals surface area contributed by atoms with Gasteiger partial charge >= 0.3 is 0 Å². The summed E-state index contributed by atoms with van der Waals surface area (Å²) in [4.78, 5) is 10.7. The summed E-state index contributed by atoms with van der Waals surface area (Å²) < 4.78 is 5.09. The second-order valence-corrected chi connectivity index (χ2v) is 2.24. The molecule has 0 N–H and O–H groups in total. The molecule has 0 amide bonds. The molecule has 0 radical (unpaired) electrons. The molecule has 2 rings (SSSR count). The van der Waals surface area contributed by atoms with Crippen LogP contribution >= 0.6 is 0 Å². The lowest BCUT2D eigenvalue weighted by Crippen LogP contribution is -2.11. The monoisotopic (exact) mass is 134 g/mol. The van der Waals surface area contributed by atoms with E-state index in [2.05, 4.69) is 0 Å². The molecular weight excluding hydrogens is 128 g/mol. The van der Waals surface area contributed by atoms with Crippen LogP contribution in [0.25, 0.3) is 0 Å². The van der Waals surface area contributed by atoms with Crippen molar-refractivity contribution in [3.63, 3.8) is 0 Å². The van der Waals surface area contributed by atoms with Gasteiger partial charge in [-0.3, -0.25) is 4.79 Å². The zero-order valence-corrected chi connectivity index (χ0v) is 5.33. The summed E-state index contributed by atoms with van der Waals surface area (Å²) in [5.74, 6) is 0.860. The predicted octanol–water partition coefficient (Wildman–Crippen LogP) is 0.966. The molecule has 0 bridgehead atoms. The smallest absolute Gasteiger partial charge is 0.193 e.